The van der Waals surface area contributed by atoms with Gasteiger partial charge in [-0.15, -0.1) is 0 Å². The second-order valence-electron chi connectivity index (χ2n) is 2.89. The van der Waals surface area contributed by atoms with Gasteiger partial charge in [0.05, 0.1) is 6.61 Å². The minimum absolute atomic E-state index is 0.0203. The first kappa shape index (κ1) is 9.67. The van der Waals surface area contributed by atoms with Gasteiger partial charge in [-0.05, 0) is 13.8 Å². The van der Waals surface area contributed by atoms with E-state index in [4.69, 9.17) is 5.11 Å². The first-order valence-corrected chi connectivity index (χ1v) is 3.80. The fourth-order valence-corrected chi connectivity index (χ4v) is 1.20. The van der Waals surface area contributed by atoms with Crippen LogP contribution in [0.4, 0.5) is 0 Å². The molecular formula is C9H10O4. The predicted molar refractivity (Wildman–Crippen MR) is 45.1 cm³/mol. The molecule has 0 heterocycles. The molecule has 0 spiro atoms. The Balaban J connectivity index is 3.35. The van der Waals surface area contributed by atoms with E-state index >= 15 is 0 Å². The van der Waals surface area contributed by atoms with Crippen molar-refractivity contribution in [1.29, 1.82) is 0 Å². The lowest BCUT2D eigenvalue weighted by molar-refractivity contribution is -0.132. The van der Waals surface area contributed by atoms with Gasteiger partial charge >= 0.3 is 0 Å². The van der Waals surface area contributed by atoms with Crippen LogP contribution in [0.5, 0.6) is 0 Å². The van der Waals surface area contributed by atoms with Crippen LogP contribution in [0.1, 0.15) is 13.8 Å². The van der Waals surface area contributed by atoms with Crippen LogP contribution in [0.3, 0.4) is 0 Å². The number of aliphatic hydroxyl groups excluding tert-OH is 2. The van der Waals surface area contributed by atoms with Crippen LogP contribution in [-0.4, -0.2) is 28.4 Å². The van der Waals surface area contributed by atoms with E-state index in [9.17, 15) is 14.7 Å². The molecule has 0 aliphatic heterocycles. The number of aliphatic hydroxyl groups is 2. The Morgan fingerprint density at radius 3 is 2.08 bits per heavy atom. The highest BCUT2D eigenvalue weighted by Gasteiger charge is 2.30. The lowest BCUT2D eigenvalue weighted by Gasteiger charge is -2.15. The van der Waals surface area contributed by atoms with E-state index < -0.39 is 18.2 Å². The van der Waals surface area contributed by atoms with Gasteiger partial charge in [-0.3, -0.25) is 9.59 Å². The highest BCUT2D eigenvalue weighted by molar-refractivity contribution is 6.50. The molecule has 70 valence electrons. The molecule has 1 rings (SSSR count). The number of Topliss-reactive ketones (excluding diaryl/α,β-unsaturated/α-hetero) is 2. The summed E-state index contributed by atoms with van der Waals surface area (Å²) in [5, 5.41) is 18.2. The van der Waals surface area contributed by atoms with Crippen molar-refractivity contribution in [3.8, 4) is 0 Å². The quantitative estimate of drug-likeness (QED) is 0.451. The van der Waals surface area contributed by atoms with E-state index in [0.29, 0.717) is 0 Å². The van der Waals surface area contributed by atoms with Gasteiger partial charge in [0.25, 0.3) is 0 Å². The first-order valence-electron chi connectivity index (χ1n) is 3.80. The van der Waals surface area contributed by atoms with Crippen molar-refractivity contribution in [1.82, 2.24) is 0 Å². The van der Waals surface area contributed by atoms with E-state index in [-0.39, 0.29) is 22.5 Å². The van der Waals surface area contributed by atoms with Crippen molar-refractivity contribution in [3.05, 3.63) is 22.5 Å². The summed E-state index contributed by atoms with van der Waals surface area (Å²) >= 11 is 0. The van der Waals surface area contributed by atoms with Gasteiger partial charge in [0.1, 0.15) is 5.76 Å². The zero-order chi connectivity index (χ0) is 10.2. The molecule has 1 aliphatic rings. The van der Waals surface area contributed by atoms with E-state index in [1.54, 1.807) is 0 Å². The van der Waals surface area contributed by atoms with Crippen LogP contribution in [-0.2, 0) is 9.59 Å². The van der Waals surface area contributed by atoms with Gasteiger partial charge < -0.3 is 10.2 Å². The Kier molecular flexibility index (Phi) is 2.34. The SMILES string of the molecule is CC1=C(O)C(C)=C(CO)C(=O)C1=O. The second kappa shape index (κ2) is 3.14. The van der Waals surface area contributed by atoms with Crippen LogP contribution in [0.15, 0.2) is 22.5 Å². The number of carbonyl (C=O) groups excluding carboxylic acids is 2. The number of hydrogen-bond donors (Lipinski definition) is 2. The Morgan fingerprint density at radius 1 is 1.08 bits per heavy atom. The van der Waals surface area contributed by atoms with Crippen LogP contribution >= 0.6 is 0 Å². The molecule has 0 aromatic heterocycles. The molecule has 0 unspecified atom stereocenters. The van der Waals surface area contributed by atoms with Gasteiger partial charge in [0.2, 0.25) is 11.6 Å². The molecule has 0 atom stereocenters. The van der Waals surface area contributed by atoms with Crippen LogP contribution in [0, 0.1) is 0 Å². The second-order valence-corrected chi connectivity index (χ2v) is 2.89. The molecule has 0 radical (unpaired) electrons. The highest BCUT2D eigenvalue weighted by Crippen LogP contribution is 2.23. The number of hydrogen-bond acceptors (Lipinski definition) is 4. The van der Waals surface area contributed by atoms with E-state index in [2.05, 4.69) is 0 Å². The van der Waals surface area contributed by atoms with Crippen LogP contribution in [0.2, 0.25) is 0 Å². The van der Waals surface area contributed by atoms with E-state index in [1.807, 2.05) is 0 Å². The Morgan fingerprint density at radius 2 is 1.62 bits per heavy atom. The van der Waals surface area contributed by atoms with Crippen LogP contribution in [0.25, 0.3) is 0 Å². The molecule has 0 bridgehead atoms. The van der Waals surface area contributed by atoms with Crippen molar-refractivity contribution in [2.45, 2.75) is 13.8 Å². The monoisotopic (exact) mass is 182 g/mol. The predicted octanol–water partition coefficient (Wildman–Crippen LogP) is 0.279. The van der Waals surface area contributed by atoms with Crippen molar-refractivity contribution in [2.24, 2.45) is 0 Å². The van der Waals surface area contributed by atoms with Crippen molar-refractivity contribution >= 4 is 11.6 Å². The number of rotatable bonds is 1. The zero-order valence-corrected chi connectivity index (χ0v) is 7.42. The number of ketones is 2. The number of allylic oxidation sites excluding steroid dienone is 2. The minimum Gasteiger partial charge on any atom is -0.507 e. The van der Waals surface area contributed by atoms with Gasteiger partial charge in [-0.25, -0.2) is 0 Å². The summed E-state index contributed by atoms with van der Waals surface area (Å²) < 4.78 is 0. The highest BCUT2D eigenvalue weighted by atomic mass is 16.3. The molecule has 13 heavy (non-hydrogen) atoms. The Labute approximate surface area is 75.2 Å². The average Bonchev–Trinajstić information content (AvgIpc) is 2.13. The molecule has 0 aromatic rings. The van der Waals surface area contributed by atoms with Crippen molar-refractivity contribution in [2.75, 3.05) is 6.61 Å². The largest absolute Gasteiger partial charge is 0.507 e. The normalized spacial score (nSPS) is 18.7. The molecule has 0 saturated heterocycles. The van der Waals surface area contributed by atoms with Crippen LogP contribution < -0.4 is 0 Å². The molecule has 4 nitrogen and oxygen atoms in total. The smallest absolute Gasteiger partial charge is 0.232 e. The van der Waals surface area contributed by atoms with Gasteiger partial charge in [-0.2, -0.15) is 0 Å². The summed E-state index contributed by atoms with van der Waals surface area (Å²) in [5.41, 5.74) is 0.303. The van der Waals surface area contributed by atoms with Crippen molar-refractivity contribution in [3.63, 3.8) is 0 Å². The van der Waals surface area contributed by atoms with E-state index in [1.165, 1.54) is 13.8 Å². The fourth-order valence-electron chi connectivity index (χ4n) is 1.20. The van der Waals surface area contributed by atoms with Gasteiger partial charge in [0, 0.05) is 16.7 Å². The maximum Gasteiger partial charge on any atom is 0.232 e. The standard InChI is InChI=1S/C9H10O4/c1-4-6(3-10)9(13)8(12)5(2)7(4)11/h10-11H,3H2,1-2H3. The summed E-state index contributed by atoms with van der Waals surface area (Å²) in [4.78, 5) is 22.3. The molecule has 2 N–H and O–H groups in total. The number of carbonyl (C=O) groups is 2. The minimum atomic E-state index is -0.743. The Bertz CT molecular complexity index is 347. The molecule has 0 saturated carbocycles. The summed E-state index contributed by atoms with van der Waals surface area (Å²) in [6.07, 6.45) is 0. The maximum atomic E-state index is 11.2. The first-order chi connectivity index (χ1) is 6.00. The molecule has 0 aromatic carbocycles. The summed E-state index contributed by atoms with van der Waals surface area (Å²) in [7, 11) is 0. The summed E-state index contributed by atoms with van der Waals surface area (Å²) in [6, 6.07) is 0. The third-order valence-corrected chi connectivity index (χ3v) is 2.14. The fraction of sp³-hybridized carbons (Fsp3) is 0.333. The molecule has 0 amide bonds. The third-order valence-electron chi connectivity index (χ3n) is 2.14. The topological polar surface area (TPSA) is 74.6 Å². The average molecular weight is 182 g/mol. The molecule has 0 fully saturated rings. The molecule has 1 aliphatic carbocycles. The summed E-state index contributed by atoms with van der Waals surface area (Å²) in [5.74, 6) is -1.67. The van der Waals surface area contributed by atoms with Gasteiger partial charge in [0.15, 0.2) is 0 Å². The maximum absolute atomic E-state index is 11.2. The molecular weight excluding hydrogens is 172 g/mol. The lowest BCUT2D eigenvalue weighted by Crippen LogP contribution is -2.26. The third kappa shape index (κ3) is 1.29. The van der Waals surface area contributed by atoms with Crippen molar-refractivity contribution < 1.29 is 19.8 Å². The Hall–Kier alpha value is -1.42. The molecule has 4 heteroatoms. The zero-order valence-electron chi connectivity index (χ0n) is 7.42. The summed E-state index contributed by atoms with van der Waals surface area (Å²) in [6.45, 7) is 2.36. The lowest BCUT2D eigenvalue weighted by atomic mass is 9.90. The van der Waals surface area contributed by atoms with Gasteiger partial charge in [-0.1, -0.05) is 0 Å². The van der Waals surface area contributed by atoms with E-state index in [0.717, 1.165) is 0 Å².